The van der Waals surface area contributed by atoms with Crippen LogP contribution in [-0.2, 0) is 16.8 Å². The van der Waals surface area contributed by atoms with E-state index in [1.54, 1.807) is 73.1 Å². The second-order valence-corrected chi connectivity index (χ2v) is 11.8. The number of benzene rings is 5. The quantitative estimate of drug-likeness (QED) is 0.143. The van der Waals surface area contributed by atoms with E-state index in [1.165, 1.54) is 12.1 Å². The third kappa shape index (κ3) is 11.0. The first-order valence-corrected chi connectivity index (χ1v) is 16.6. The molecule has 0 aliphatic rings. The molecular weight excluding hydrogens is 758 g/mol. The SMILES string of the molecule is CO.Cc1c(Cl)cccc1Nc1ccccc1C(=O)[O-].Cc1c(Cl)cccc1Nc1ccccc1C(=O)[O-].[Co+2].c1cnc2c(c1)ccc1cccnc12. The number of carboxylic acid groups (broad SMARTS) is 2. The van der Waals surface area contributed by atoms with Gasteiger partial charge in [0, 0.05) is 74.2 Å². The molecule has 9 nitrogen and oxygen atoms in total. The number of halogens is 2. The number of fused-ring (bicyclic) bond motifs is 3. The minimum atomic E-state index is -1.21. The van der Waals surface area contributed by atoms with Crippen LogP contribution in [0.3, 0.4) is 0 Å². The average molecular weight is 793 g/mol. The summed E-state index contributed by atoms with van der Waals surface area (Å²) in [7, 11) is 1.00. The predicted octanol–water partition coefficient (Wildman–Crippen LogP) is 7.90. The minimum Gasteiger partial charge on any atom is -0.545 e. The number of rotatable bonds is 6. The van der Waals surface area contributed by atoms with E-state index in [0.29, 0.717) is 21.4 Å². The maximum atomic E-state index is 11.0. The number of aromatic nitrogens is 2. The van der Waals surface area contributed by atoms with Crippen LogP contribution >= 0.6 is 23.2 Å². The van der Waals surface area contributed by atoms with Gasteiger partial charge in [-0.1, -0.05) is 96.0 Å². The molecule has 2 heterocycles. The molecule has 0 saturated carbocycles. The van der Waals surface area contributed by atoms with E-state index in [0.717, 1.165) is 51.4 Å². The molecule has 7 aromatic rings. The summed E-state index contributed by atoms with van der Waals surface area (Å²) in [5, 5.41) is 38.6. The molecule has 5 aromatic carbocycles. The van der Waals surface area contributed by atoms with Gasteiger partial charge in [-0.2, -0.15) is 0 Å². The molecule has 271 valence electrons. The Hall–Kier alpha value is -5.49. The van der Waals surface area contributed by atoms with Crippen molar-refractivity contribution in [2.24, 2.45) is 0 Å². The van der Waals surface area contributed by atoms with Crippen molar-refractivity contribution in [1.82, 2.24) is 9.97 Å². The molecule has 0 spiro atoms. The number of aliphatic hydroxyl groups excluding tert-OH is 1. The van der Waals surface area contributed by atoms with Crippen LogP contribution in [0.15, 0.2) is 134 Å². The molecule has 1 radical (unpaired) electrons. The molecule has 0 saturated heterocycles. The standard InChI is InChI=1S/2C14H12ClNO2.C12H8N2.CH4O.Co/c2*1-9-11(15)6-4-8-12(9)16-13-7-3-2-5-10(13)14(17)18;1-3-9-5-6-10-4-2-8-14-12(10)11(9)13-7-1;1-2;/h2*2-8,16H,1H3,(H,17,18);1-8H;2H,1H3;/q;;;;+2/p-2. The molecule has 0 atom stereocenters. The Kier molecular flexibility index (Phi) is 16.2. The predicted molar refractivity (Wildman–Crippen MR) is 206 cm³/mol. The summed E-state index contributed by atoms with van der Waals surface area (Å²) in [6.07, 6.45) is 3.60. The molecule has 2 aromatic heterocycles. The fourth-order valence-electron chi connectivity index (χ4n) is 5.00. The molecule has 53 heavy (non-hydrogen) atoms. The third-order valence-electron chi connectivity index (χ3n) is 7.71. The van der Waals surface area contributed by atoms with Gasteiger partial charge in [0.2, 0.25) is 0 Å². The number of hydrogen-bond donors (Lipinski definition) is 3. The monoisotopic (exact) mass is 791 g/mol. The molecule has 0 bridgehead atoms. The average Bonchev–Trinajstić information content (AvgIpc) is 3.17. The van der Waals surface area contributed by atoms with Crippen LogP contribution in [0, 0.1) is 13.8 Å². The van der Waals surface area contributed by atoms with Crippen molar-refractivity contribution in [1.29, 1.82) is 0 Å². The van der Waals surface area contributed by atoms with Crippen molar-refractivity contribution in [2.75, 3.05) is 17.7 Å². The van der Waals surface area contributed by atoms with Gasteiger partial charge in [0.1, 0.15) is 0 Å². The molecule has 0 amide bonds. The molecule has 0 fully saturated rings. The second kappa shape index (κ2) is 20.5. The van der Waals surface area contributed by atoms with E-state index in [2.05, 4.69) is 44.9 Å². The molecular formula is C41H34Cl2CoN4O5. The van der Waals surface area contributed by atoms with Gasteiger partial charge in [0.25, 0.3) is 0 Å². The summed E-state index contributed by atoms with van der Waals surface area (Å²) in [6, 6.07) is 36.2. The summed E-state index contributed by atoms with van der Waals surface area (Å²) >= 11 is 12.0. The number of pyridine rings is 2. The normalized spacial score (nSPS) is 9.85. The van der Waals surface area contributed by atoms with Gasteiger partial charge in [-0.25, -0.2) is 0 Å². The zero-order chi connectivity index (χ0) is 37.6. The Balaban J connectivity index is 0.000000208. The molecule has 0 aliphatic heterocycles. The Morgan fingerprint density at radius 3 is 1.26 bits per heavy atom. The Morgan fingerprint density at radius 1 is 0.528 bits per heavy atom. The number of para-hydroxylation sites is 2. The Morgan fingerprint density at radius 2 is 0.887 bits per heavy atom. The minimum absolute atomic E-state index is 0. The van der Waals surface area contributed by atoms with Gasteiger partial charge in [0.05, 0.1) is 23.0 Å². The third-order valence-corrected chi connectivity index (χ3v) is 8.53. The number of aromatic carboxylic acids is 2. The van der Waals surface area contributed by atoms with Crippen LogP contribution in [-0.4, -0.2) is 34.1 Å². The van der Waals surface area contributed by atoms with E-state index in [1.807, 2.05) is 38.1 Å². The maximum Gasteiger partial charge on any atom is 2.00 e. The number of hydrogen-bond acceptors (Lipinski definition) is 9. The fraction of sp³-hybridized carbons (Fsp3) is 0.0732. The number of nitrogens with one attached hydrogen (secondary N) is 2. The second-order valence-electron chi connectivity index (χ2n) is 11.0. The van der Waals surface area contributed by atoms with E-state index >= 15 is 0 Å². The van der Waals surface area contributed by atoms with Crippen LogP contribution in [0.1, 0.15) is 31.8 Å². The number of carbonyl (C=O) groups excluding carboxylic acids is 2. The Labute approximate surface area is 327 Å². The molecule has 7 rings (SSSR count). The topological polar surface area (TPSA) is 150 Å². The zero-order valence-corrected chi connectivity index (χ0v) is 31.3. The zero-order valence-electron chi connectivity index (χ0n) is 28.8. The van der Waals surface area contributed by atoms with Crippen LogP contribution in [0.2, 0.25) is 10.0 Å². The van der Waals surface area contributed by atoms with E-state index in [-0.39, 0.29) is 27.9 Å². The summed E-state index contributed by atoms with van der Waals surface area (Å²) in [6.45, 7) is 3.73. The van der Waals surface area contributed by atoms with Gasteiger partial charge >= 0.3 is 16.8 Å². The van der Waals surface area contributed by atoms with Gasteiger partial charge in [-0.15, -0.1) is 0 Å². The van der Waals surface area contributed by atoms with Crippen LogP contribution in [0.5, 0.6) is 0 Å². The van der Waals surface area contributed by atoms with E-state index in [4.69, 9.17) is 28.3 Å². The molecule has 0 unspecified atom stereocenters. The summed E-state index contributed by atoms with van der Waals surface area (Å²) < 4.78 is 0. The van der Waals surface area contributed by atoms with Crippen LogP contribution < -0.4 is 20.8 Å². The van der Waals surface area contributed by atoms with Gasteiger partial charge in [0.15, 0.2) is 0 Å². The van der Waals surface area contributed by atoms with Gasteiger partial charge < -0.3 is 35.5 Å². The largest absolute Gasteiger partial charge is 2.00 e. The fourth-order valence-corrected chi connectivity index (χ4v) is 5.35. The number of anilines is 4. The maximum absolute atomic E-state index is 11.0. The van der Waals surface area contributed by atoms with Crippen LogP contribution in [0.25, 0.3) is 21.8 Å². The van der Waals surface area contributed by atoms with Crippen LogP contribution in [0.4, 0.5) is 22.7 Å². The summed E-state index contributed by atoms with van der Waals surface area (Å²) in [5.41, 5.74) is 6.46. The van der Waals surface area contributed by atoms with Crippen molar-refractivity contribution >= 4 is 79.7 Å². The van der Waals surface area contributed by atoms with E-state index < -0.39 is 11.9 Å². The summed E-state index contributed by atoms with van der Waals surface area (Å²) in [5.74, 6) is -2.42. The summed E-state index contributed by atoms with van der Waals surface area (Å²) in [4.78, 5) is 30.7. The number of carboxylic acids is 2. The molecule has 3 N–H and O–H groups in total. The number of nitrogens with zero attached hydrogens (tertiary/aromatic N) is 2. The van der Waals surface area contributed by atoms with Crippen molar-refractivity contribution < 1.29 is 41.7 Å². The number of carbonyl (C=O) groups is 2. The van der Waals surface area contributed by atoms with Gasteiger partial charge in [-0.05, 0) is 73.5 Å². The van der Waals surface area contributed by atoms with Crippen molar-refractivity contribution in [2.45, 2.75) is 13.8 Å². The first-order valence-electron chi connectivity index (χ1n) is 15.8. The molecule has 0 aliphatic carbocycles. The Bertz CT molecular complexity index is 2160. The molecule has 12 heteroatoms. The van der Waals surface area contributed by atoms with Crippen molar-refractivity contribution in [3.8, 4) is 0 Å². The van der Waals surface area contributed by atoms with Crippen molar-refractivity contribution in [3.63, 3.8) is 0 Å². The van der Waals surface area contributed by atoms with Crippen molar-refractivity contribution in [3.05, 3.63) is 166 Å². The number of aliphatic hydroxyl groups is 1. The first-order chi connectivity index (χ1) is 25.1. The smallest absolute Gasteiger partial charge is 0.545 e. The van der Waals surface area contributed by atoms with E-state index in [9.17, 15) is 19.8 Å². The first kappa shape index (κ1) is 41.9. The van der Waals surface area contributed by atoms with Gasteiger partial charge in [-0.3, -0.25) is 9.97 Å².